The van der Waals surface area contributed by atoms with E-state index in [2.05, 4.69) is 10.0 Å². The average Bonchev–Trinajstić information content (AvgIpc) is 2.65. The molecule has 0 saturated heterocycles. The summed E-state index contributed by atoms with van der Waals surface area (Å²) < 4.78 is 45.3. The molecule has 8 nitrogen and oxygen atoms in total. The van der Waals surface area contributed by atoms with Crippen LogP contribution in [0, 0.1) is 12.7 Å². The number of carbonyl (C=O) groups excluding carboxylic acids is 2. The summed E-state index contributed by atoms with van der Waals surface area (Å²) in [6, 6.07) is 7.46. The monoisotopic (exact) mass is 409 g/mol. The third-order valence-corrected chi connectivity index (χ3v) is 5.38. The molecule has 0 radical (unpaired) electrons. The van der Waals surface area contributed by atoms with Gasteiger partial charge in [-0.25, -0.2) is 17.5 Å². The number of amides is 2. The van der Waals surface area contributed by atoms with Crippen LogP contribution in [0.4, 0.5) is 10.1 Å². The van der Waals surface area contributed by atoms with Crippen LogP contribution in [0.5, 0.6) is 0 Å². The number of carbonyl (C=O) groups is 2. The van der Waals surface area contributed by atoms with Crippen LogP contribution in [0.15, 0.2) is 41.3 Å². The van der Waals surface area contributed by atoms with E-state index >= 15 is 0 Å². The Morgan fingerprint density at radius 1 is 1.14 bits per heavy atom. The molecule has 0 fully saturated rings. The highest BCUT2D eigenvalue weighted by Crippen LogP contribution is 2.22. The molecule has 0 aliphatic carbocycles. The summed E-state index contributed by atoms with van der Waals surface area (Å²) in [5.74, 6) is -2.11. The van der Waals surface area contributed by atoms with Gasteiger partial charge in [-0.05, 0) is 43.3 Å². The Hall–Kier alpha value is -2.82. The van der Waals surface area contributed by atoms with Crippen molar-refractivity contribution in [2.45, 2.75) is 11.8 Å². The van der Waals surface area contributed by atoms with Gasteiger partial charge in [0.1, 0.15) is 5.82 Å². The van der Waals surface area contributed by atoms with Crippen molar-refractivity contribution in [3.63, 3.8) is 0 Å². The zero-order valence-electron chi connectivity index (χ0n) is 15.3. The minimum atomic E-state index is -3.72. The lowest BCUT2D eigenvalue weighted by atomic mass is 10.1. The number of sulfonamides is 1. The van der Waals surface area contributed by atoms with E-state index < -0.39 is 27.7 Å². The van der Waals surface area contributed by atoms with Crippen molar-refractivity contribution < 1.29 is 27.1 Å². The van der Waals surface area contributed by atoms with Gasteiger partial charge in [0, 0.05) is 36.0 Å². The van der Waals surface area contributed by atoms with Crippen molar-refractivity contribution in [2.24, 2.45) is 5.73 Å². The summed E-state index contributed by atoms with van der Waals surface area (Å²) in [5.41, 5.74) is 5.46. The Kier molecular flexibility index (Phi) is 6.84. The van der Waals surface area contributed by atoms with Gasteiger partial charge in [-0.1, -0.05) is 0 Å². The predicted octanol–water partition coefficient (Wildman–Crippen LogP) is 1.41. The Morgan fingerprint density at radius 3 is 2.36 bits per heavy atom. The van der Waals surface area contributed by atoms with Crippen LogP contribution in [0.3, 0.4) is 0 Å². The lowest BCUT2D eigenvalue weighted by Crippen LogP contribution is -2.27. The van der Waals surface area contributed by atoms with Crippen molar-refractivity contribution in [2.75, 3.05) is 25.6 Å². The molecule has 2 amide bonds. The number of hydrogen-bond acceptors (Lipinski definition) is 5. The second-order valence-corrected chi connectivity index (χ2v) is 7.63. The largest absolute Gasteiger partial charge is 0.383 e. The minimum Gasteiger partial charge on any atom is -0.383 e. The van der Waals surface area contributed by atoms with Crippen molar-refractivity contribution in [3.05, 3.63) is 58.9 Å². The van der Waals surface area contributed by atoms with Crippen LogP contribution < -0.4 is 15.8 Å². The number of halogens is 1. The average molecular weight is 409 g/mol. The fraction of sp³-hybridized carbons (Fsp3) is 0.222. The summed E-state index contributed by atoms with van der Waals surface area (Å²) in [5, 5.41) is 2.49. The van der Waals surface area contributed by atoms with Gasteiger partial charge in [-0.3, -0.25) is 9.59 Å². The maximum atomic E-state index is 13.9. The Labute approximate surface area is 161 Å². The molecule has 0 heterocycles. The van der Waals surface area contributed by atoms with Gasteiger partial charge in [0.25, 0.3) is 5.91 Å². The molecule has 0 unspecified atom stereocenters. The second kappa shape index (κ2) is 8.91. The van der Waals surface area contributed by atoms with Gasteiger partial charge >= 0.3 is 0 Å². The zero-order chi connectivity index (χ0) is 20.9. The molecule has 0 atom stereocenters. The highest BCUT2D eigenvalue weighted by Gasteiger charge is 2.16. The third-order valence-electron chi connectivity index (χ3n) is 3.90. The molecule has 10 heteroatoms. The smallest absolute Gasteiger partial charge is 0.255 e. The zero-order valence-corrected chi connectivity index (χ0v) is 16.1. The maximum absolute atomic E-state index is 13.9. The molecule has 0 saturated carbocycles. The topological polar surface area (TPSA) is 128 Å². The molecule has 2 rings (SSSR count). The molecular weight excluding hydrogens is 389 g/mol. The number of rotatable bonds is 8. The molecule has 0 aliphatic rings. The number of nitrogens with two attached hydrogens (primary N) is 1. The van der Waals surface area contributed by atoms with E-state index in [1.807, 2.05) is 0 Å². The molecule has 0 spiro atoms. The van der Waals surface area contributed by atoms with Gasteiger partial charge in [0.15, 0.2) is 0 Å². The van der Waals surface area contributed by atoms with E-state index in [1.165, 1.54) is 44.4 Å². The van der Waals surface area contributed by atoms with Crippen LogP contribution in [0.2, 0.25) is 0 Å². The quantitative estimate of drug-likeness (QED) is 0.568. The lowest BCUT2D eigenvalue weighted by Gasteiger charge is -2.11. The van der Waals surface area contributed by atoms with Gasteiger partial charge in [0.2, 0.25) is 15.9 Å². The number of hydrogen-bond donors (Lipinski definition) is 3. The Bertz CT molecular complexity index is 991. The number of anilines is 1. The molecule has 0 aromatic heterocycles. The van der Waals surface area contributed by atoms with Crippen LogP contribution >= 0.6 is 0 Å². The number of primary amides is 1. The highest BCUT2D eigenvalue weighted by molar-refractivity contribution is 7.89. The van der Waals surface area contributed by atoms with Crippen molar-refractivity contribution >= 4 is 27.5 Å². The minimum absolute atomic E-state index is 0.0156. The van der Waals surface area contributed by atoms with E-state index in [-0.39, 0.29) is 40.4 Å². The fourth-order valence-corrected chi connectivity index (χ4v) is 3.31. The second-order valence-electron chi connectivity index (χ2n) is 5.86. The molecule has 0 aliphatic heterocycles. The molecule has 150 valence electrons. The summed E-state index contributed by atoms with van der Waals surface area (Å²) in [6.45, 7) is 1.78. The lowest BCUT2D eigenvalue weighted by molar-refractivity contribution is 0.0995. The predicted molar refractivity (Wildman–Crippen MR) is 101 cm³/mol. The van der Waals surface area contributed by atoms with Crippen molar-refractivity contribution in [1.82, 2.24) is 4.72 Å². The molecule has 0 bridgehead atoms. The first kappa shape index (κ1) is 21.5. The summed E-state index contributed by atoms with van der Waals surface area (Å²) in [7, 11) is -2.27. The van der Waals surface area contributed by atoms with Crippen molar-refractivity contribution in [1.29, 1.82) is 0 Å². The van der Waals surface area contributed by atoms with Crippen LogP contribution in [-0.2, 0) is 14.8 Å². The van der Waals surface area contributed by atoms with E-state index in [9.17, 15) is 22.4 Å². The maximum Gasteiger partial charge on any atom is 0.255 e. The molecule has 28 heavy (non-hydrogen) atoms. The molecule has 2 aromatic carbocycles. The van der Waals surface area contributed by atoms with E-state index in [0.717, 1.165) is 6.07 Å². The van der Waals surface area contributed by atoms with Gasteiger partial charge in [-0.2, -0.15) is 0 Å². The molecule has 2 aromatic rings. The molecule has 4 N–H and O–H groups in total. The normalized spacial score (nSPS) is 11.2. The van der Waals surface area contributed by atoms with Crippen LogP contribution in [0.1, 0.15) is 26.3 Å². The van der Waals surface area contributed by atoms with Crippen molar-refractivity contribution in [3.8, 4) is 0 Å². The van der Waals surface area contributed by atoms with Crippen LogP contribution in [-0.4, -0.2) is 40.5 Å². The van der Waals surface area contributed by atoms with Gasteiger partial charge in [0.05, 0.1) is 11.5 Å². The summed E-state index contributed by atoms with van der Waals surface area (Å²) in [4.78, 5) is 23.7. The van der Waals surface area contributed by atoms with Gasteiger partial charge in [-0.15, -0.1) is 0 Å². The first-order valence-electron chi connectivity index (χ1n) is 8.15. The fourth-order valence-electron chi connectivity index (χ4n) is 2.29. The Balaban J connectivity index is 2.19. The highest BCUT2D eigenvalue weighted by atomic mass is 32.2. The first-order chi connectivity index (χ1) is 13.2. The number of benzene rings is 2. The number of ether oxygens (including phenoxy) is 1. The van der Waals surface area contributed by atoms with E-state index in [4.69, 9.17) is 10.5 Å². The third kappa shape index (κ3) is 5.12. The van der Waals surface area contributed by atoms with E-state index in [0.29, 0.717) is 0 Å². The summed E-state index contributed by atoms with van der Waals surface area (Å²) in [6.07, 6.45) is 0. The Morgan fingerprint density at radius 2 is 1.79 bits per heavy atom. The summed E-state index contributed by atoms with van der Waals surface area (Å²) >= 11 is 0. The SMILES string of the molecule is COCCNS(=O)(=O)c1ccc(C(=O)Nc2cc(C(N)=O)cc(F)c2C)cc1. The van der Waals surface area contributed by atoms with E-state index in [1.54, 1.807) is 0 Å². The van der Waals surface area contributed by atoms with Gasteiger partial charge < -0.3 is 15.8 Å². The van der Waals surface area contributed by atoms with Crippen LogP contribution in [0.25, 0.3) is 0 Å². The number of methoxy groups -OCH3 is 1. The number of nitrogens with one attached hydrogen (secondary N) is 2. The molecular formula is C18H20FN3O5S. The standard InChI is InChI=1S/C18H20FN3O5S/c1-11-15(19)9-13(17(20)23)10-16(11)22-18(24)12-3-5-14(6-4-12)28(25,26)21-7-8-27-2/h3-6,9-10,21H,7-8H2,1-2H3,(H2,20,23)(H,22,24). The first-order valence-corrected chi connectivity index (χ1v) is 9.64.